The van der Waals surface area contributed by atoms with Crippen LogP contribution in [0, 0.1) is 0 Å². The normalized spacial score (nSPS) is 11.7. The molecule has 0 atom stereocenters. The predicted molar refractivity (Wildman–Crippen MR) is 103 cm³/mol. The zero-order chi connectivity index (χ0) is 19.1. The molecule has 138 valence electrons. The van der Waals surface area contributed by atoms with E-state index >= 15 is 0 Å². The molecule has 1 aromatic heterocycles. The molecule has 4 rings (SSSR count). The first-order chi connectivity index (χ1) is 13.1. The Bertz CT molecular complexity index is 1060. The lowest BCUT2D eigenvalue weighted by molar-refractivity contribution is 0.0957. The summed E-state index contributed by atoms with van der Waals surface area (Å²) in [6, 6.07) is 11.3. The Labute approximate surface area is 161 Å². The molecule has 7 heteroatoms. The second kappa shape index (κ2) is 6.63. The van der Waals surface area contributed by atoms with Gasteiger partial charge in [0, 0.05) is 29.6 Å². The van der Waals surface area contributed by atoms with Gasteiger partial charge in [0.1, 0.15) is 0 Å². The third-order valence-corrected chi connectivity index (χ3v) is 4.95. The monoisotopic (exact) mass is 383 g/mol. The van der Waals surface area contributed by atoms with Crippen molar-refractivity contribution < 1.29 is 14.3 Å². The molecular formula is C20H18ClN3O3. The van der Waals surface area contributed by atoms with Crippen molar-refractivity contribution in [2.45, 2.75) is 6.42 Å². The second-order valence-electron chi connectivity index (χ2n) is 6.19. The summed E-state index contributed by atoms with van der Waals surface area (Å²) in [6.45, 7) is 0. The van der Waals surface area contributed by atoms with E-state index in [1.165, 1.54) is 0 Å². The smallest absolute Gasteiger partial charge is 0.271 e. The van der Waals surface area contributed by atoms with E-state index < -0.39 is 0 Å². The molecule has 6 nitrogen and oxygen atoms in total. The zero-order valence-corrected chi connectivity index (χ0v) is 15.9. The number of methoxy groups -OCH3 is 2. The molecule has 0 bridgehead atoms. The molecule has 1 aliphatic rings. The van der Waals surface area contributed by atoms with Gasteiger partial charge in [0.25, 0.3) is 5.91 Å². The molecule has 0 spiro atoms. The lowest BCUT2D eigenvalue weighted by Crippen LogP contribution is -2.20. The molecule has 0 saturated heterocycles. The molecule has 3 aromatic rings. The lowest BCUT2D eigenvalue weighted by Gasteiger charge is -2.12. The van der Waals surface area contributed by atoms with Crippen molar-refractivity contribution in [3.05, 3.63) is 58.2 Å². The molecule has 1 amide bonds. The van der Waals surface area contributed by atoms with Gasteiger partial charge in [-0.2, -0.15) is 5.10 Å². The minimum atomic E-state index is -0.223. The van der Waals surface area contributed by atoms with E-state index in [-0.39, 0.29) is 5.91 Å². The van der Waals surface area contributed by atoms with Gasteiger partial charge in [-0.1, -0.05) is 17.7 Å². The summed E-state index contributed by atoms with van der Waals surface area (Å²) in [5.41, 5.74) is 4.95. The summed E-state index contributed by atoms with van der Waals surface area (Å²) in [6.07, 6.45) is 0.592. The molecule has 0 aliphatic heterocycles. The molecule has 0 fully saturated rings. The summed E-state index contributed by atoms with van der Waals surface area (Å²) in [7, 11) is 4.81. The highest BCUT2D eigenvalue weighted by Gasteiger charge is 2.32. The SMILES string of the molecule is CNC(=O)c1nn(-c2cccc(Cl)c2)c2c1Cc1cc(OC)c(OC)cc1-2. The molecule has 0 radical (unpaired) electrons. The maximum absolute atomic E-state index is 12.4. The number of nitrogens with one attached hydrogen (secondary N) is 1. The van der Waals surface area contributed by atoms with Crippen molar-refractivity contribution in [2.75, 3.05) is 21.3 Å². The summed E-state index contributed by atoms with van der Waals surface area (Å²) < 4.78 is 12.7. The van der Waals surface area contributed by atoms with E-state index in [9.17, 15) is 4.79 Å². The maximum Gasteiger partial charge on any atom is 0.271 e. The minimum absolute atomic E-state index is 0.223. The number of carbonyl (C=O) groups is 1. The van der Waals surface area contributed by atoms with Gasteiger partial charge < -0.3 is 14.8 Å². The Kier molecular flexibility index (Phi) is 4.28. The molecule has 27 heavy (non-hydrogen) atoms. The van der Waals surface area contributed by atoms with Crippen molar-refractivity contribution in [3.8, 4) is 28.4 Å². The number of amides is 1. The first-order valence-corrected chi connectivity index (χ1v) is 8.80. The largest absolute Gasteiger partial charge is 0.493 e. The summed E-state index contributed by atoms with van der Waals surface area (Å²) in [4.78, 5) is 12.4. The topological polar surface area (TPSA) is 65.4 Å². The van der Waals surface area contributed by atoms with E-state index in [4.69, 9.17) is 21.1 Å². The number of hydrogen-bond donors (Lipinski definition) is 1. The lowest BCUT2D eigenvalue weighted by atomic mass is 10.1. The summed E-state index contributed by atoms with van der Waals surface area (Å²) >= 11 is 6.17. The Morgan fingerprint density at radius 1 is 1.19 bits per heavy atom. The fourth-order valence-corrected chi connectivity index (χ4v) is 3.65. The molecule has 1 heterocycles. The van der Waals surface area contributed by atoms with Gasteiger partial charge in [-0.25, -0.2) is 4.68 Å². The van der Waals surface area contributed by atoms with Crippen molar-refractivity contribution in [3.63, 3.8) is 0 Å². The van der Waals surface area contributed by atoms with Crippen LogP contribution in [0.15, 0.2) is 36.4 Å². The van der Waals surface area contributed by atoms with E-state index in [0.717, 1.165) is 28.1 Å². The Hall–Kier alpha value is -2.99. The van der Waals surface area contributed by atoms with Crippen LogP contribution in [0.2, 0.25) is 5.02 Å². The van der Waals surface area contributed by atoms with Crippen LogP contribution in [0.4, 0.5) is 0 Å². The van der Waals surface area contributed by atoms with Crippen molar-refractivity contribution >= 4 is 17.5 Å². The number of fused-ring (bicyclic) bond motifs is 3. The van der Waals surface area contributed by atoms with Gasteiger partial charge in [0.15, 0.2) is 17.2 Å². The van der Waals surface area contributed by atoms with E-state index in [2.05, 4.69) is 10.4 Å². The van der Waals surface area contributed by atoms with Crippen LogP contribution in [0.3, 0.4) is 0 Å². The van der Waals surface area contributed by atoms with Crippen LogP contribution in [0.1, 0.15) is 21.6 Å². The number of rotatable bonds is 4. The number of halogens is 1. The standard InChI is InChI=1S/C20H18ClN3O3/c1-22-20(25)18-15-7-11-8-16(26-2)17(27-3)10-14(11)19(15)24(23-18)13-6-4-5-12(21)9-13/h4-6,8-10H,7H2,1-3H3,(H,22,25). The number of carbonyl (C=O) groups excluding carboxylic acids is 1. The van der Waals surface area contributed by atoms with Gasteiger partial charge in [-0.3, -0.25) is 4.79 Å². The van der Waals surface area contributed by atoms with Crippen molar-refractivity contribution in [2.24, 2.45) is 0 Å². The molecule has 1 N–H and O–H groups in total. The van der Waals surface area contributed by atoms with E-state index in [0.29, 0.717) is 28.6 Å². The first kappa shape index (κ1) is 17.4. The highest BCUT2D eigenvalue weighted by molar-refractivity contribution is 6.30. The Morgan fingerprint density at radius 3 is 2.59 bits per heavy atom. The second-order valence-corrected chi connectivity index (χ2v) is 6.62. The van der Waals surface area contributed by atoms with Crippen LogP contribution in [0.5, 0.6) is 11.5 Å². The molecular weight excluding hydrogens is 366 g/mol. The summed E-state index contributed by atoms with van der Waals surface area (Å²) in [5.74, 6) is 1.06. The predicted octanol–water partition coefficient (Wildman–Crippen LogP) is 3.47. The van der Waals surface area contributed by atoms with Crippen LogP contribution in [0.25, 0.3) is 16.9 Å². The van der Waals surface area contributed by atoms with Gasteiger partial charge in [0.2, 0.25) is 0 Å². The van der Waals surface area contributed by atoms with Crippen molar-refractivity contribution in [1.82, 2.24) is 15.1 Å². The third-order valence-electron chi connectivity index (χ3n) is 4.71. The number of benzene rings is 2. The Morgan fingerprint density at radius 2 is 1.93 bits per heavy atom. The van der Waals surface area contributed by atoms with Crippen LogP contribution >= 0.6 is 11.6 Å². The molecule has 1 aliphatic carbocycles. The van der Waals surface area contributed by atoms with Gasteiger partial charge >= 0.3 is 0 Å². The number of nitrogens with zero attached hydrogens (tertiary/aromatic N) is 2. The van der Waals surface area contributed by atoms with Gasteiger partial charge in [-0.15, -0.1) is 0 Å². The molecule has 0 unspecified atom stereocenters. The average Bonchev–Trinajstić information content (AvgIpc) is 3.23. The van der Waals surface area contributed by atoms with Gasteiger partial charge in [0.05, 0.1) is 25.6 Å². The third kappa shape index (κ3) is 2.73. The fourth-order valence-electron chi connectivity index (χ4n) is 3.47. The minimum Gasteiger partial charge on any atom is -0.493 e. The first-order valence-electron chi connectivity index (χ1n) is 8.42. The maximum atomic E-state index is 12.4. The van der Waals surface area contributed by atoms with Crippen molar-refractivity contribution in [1.29, 1.82) is 0 Å². The van der Waals surface area contributed by atoms with E-state index in [1.54, 1.807) is 32.0 Å². The highest BCUT2D eigenvalue weighted by atomic mass is 35.5. The highest BCUT2D eigenvalue weighted by Crippen LogP contribution is 2.44. The van der Waals surface area contributed by atoms with Crippen LogP contribution < -0.4 is 14.8 Å². The quantitative estimate of drug-likeness (QED) is 0.586. The van der Waals surface area contributed by atoms with Crippen LogP contribution in [-0.4, -0.2) is 37.0 Å². The fraction of sp³-hybridized carbons (Fsp3) is 0.200. The zero-order valence-electron chi connectivity index (χ0n) is 15.2. The van der Waals surface area contributed by atoms with E-state index in [1.807, 2.05) is 30.3 Å². The van der Waals surface area contributed by atoms with Gasteiger partial charge in [-0.05, 0) is 35.9 Å². The summed E-state index contributed by atoms with van der Waals surface area (Å²) in [5, 5.41) is 7.85. The molecule has 2 aromatic carbocycles. The van der Waals surface area contributed by atoms with Crippen LogP contribution in [-0.2, 0) is 6.42 Å². The Balaban J connectivity index is 1.99. The number of ether oxygens (including phenoxy) is 2. The average molecular weight is 384 g/mol. The molecule has 0 saturated carbocycles. The number of aromatic nitrogens is 2. The number of hydrogen-bond acceptors (Lipinski definition) is 4.